The van der Waals surface area contributed by atoms with Crippen molar-refractivity contribution >= 4 is 5.97 Å². The summed E-state index contributed by atoms with van der Waals surface area (Å²) in [4.78, 5) is 11.4. The molecule has 0 rings (SSSR count). The second-order valence-corrected chi connectivity index (χ2v) is 3.30. The average Bonchev–Trinajstić information content (AvgIpc) is 2.24. The van der Waals surface area contributed by atoms with E-state index in [1.165, 1.54) is 7.11 Å². The Balaban J connectivity index is 4.11. The zero-order chi connectivity index (χ0) is 11.8. The highest BCUT2D eigenvalue weighted by molar-refractivity contribution is 5.72. The van der Waals surface area contributed by atoms with Crippen LogP contribution in [-0.4, -0.2) is 50.7 Å². The van der Waals surface area contributed by atoms with Crippen molar-refractivity contribution in [2.24, 2.45) is 11.7 Å². The maximum atomic E-state index is 11.4. The van der Waals surface area contributed by atoms with Crippen LogP contribution in [0.15, 0.2) is 0 Å². The van der Waals surface area contributed by atoms with E-state index in [9.17, 15) is 9.90 Å². The van der Waals surface area contributed by atoms with Gasteiger partial charge < -0.3 is 25.6 Å². The Kier molecular flexibility index (Phi) is 7.23. The fourth-order valence-electron chi connectivity index (χ4n) is 1.03. The van der Waals surface area contributed by atoms with Crippen LogP contribution in [0.25, 0.3) is 0 Å². The fourth-order valence-corrected chi connectivity index (χ4v) is 1.03. The molecule has 0 aliphatic heterocycles. The van der Waals surface area contributed by atoms with Crippen molar-refractivity contribution in [2.45, 2.75) is 19.3 Å². The van der Waals surface area contributed by atoms with Crippen LogP contribution in [0.2, 0.25) is 0 Å². The molecular formula is C9H20N2O4. The number of methoxy groups -OCH3 is 1. The number of nitrogens with one attached hydrogen (secondary N) is 1. The second kappa shape index (κ2) is 7.58. The fraction of sp³-hybridized carbons (Fsp3) is 0.889. The van der Waals surface area contributed by atoms with Crippen molar-refractivity contribution in [1.29, 1.82) is 0 Å². The summed E-state index contributed by atoms with van der Waals surface area (Å²) in [5.74, 6) is -0.691. The van der Waals surface area contributed by atoms with Crippen molar-refractivity contribution < 1.29 is 19.4 Å². The molecule has 3 atom stereocenters. The van der Waals surface area contributed by atoms with Gasteiger partial charge in [-0.2, -0.15) is 0 Å². The van der Waals surface area contributed by atoms with Gasteiger partial charge in [0.05, 0.1) is 5.92 Å². The van der Waals surface area contributed by atoms with Gasteiger partial charge in [0.25, 0.3) is 0 Å². The van der Waals surface area contributed by atoms with Crippen LogP contribution in [0, 0.1) is 5.92 Å². The lowest BCUT2D eigenvalue weighted by molar-refractivity contribution is -0.183. The summed E-state index contributed by atoms with van der Waals surface area (Å²) in [6, 6.07) is 0. The zero-order valence-corrected chi connectivity index (χ0v) is 9.40. The normalized spacial score (nSPS) is 16.9. The van der Waals surface area contributed by atoms with Gasteiger partial charge in [0.2, 0.25) is 0 Å². The first kappa shape index (κ1) is 14.3. The molecule has 6 nitrogen and oxygen atoms in total. The summed E-state index contributed by atoms with van der Waals surface area (Å²) in [7, 11) is 3.06. The van der Waals surface area contributed by atoms with Crippen LogP contribution in [0.4, 0.5) is 0 Å². The Bertz CT molecular complexity index is 189. The maximum Gasteiger partial charge on any atom is 0.310 e. The summed E-state index contributed by atoms with van der Waals surface area (Å²) in [6.45, 7) is 2.26. The molecule has 6 heteroatoms. The lowest BCUT2D eigenvalue weighted by atomic mass is 10.2. The van der Waals surface area contributed by atoms with Crippen molar-refractivity contribution in [2.75, 3.05) is 27.2 Å². The SMILES string of the molecule is CNCC(C)C(=O)OC(CN)C(O)OC. The Morgan fingerprint density at radius 1 is 1.60 bits per heavy atom. The Morgan fingerprint density at radius 2 is 2.20 bits per heavy atom. The van der Waals surface area contributed by atoms with Gasteiger partial charge in [-0.05, 0) is 7.05 Å². The number of hydrogen-bond donors (Lipinski definition) is 3. The molecule has 4 N–H and O–H groups in total. The lowest BCUT2D eigenvalue weighted by Crippen LogP contribution is -2.40. The average molecular weight is 220 g/mol. The molecule has 0 saturated carbocycles. The molecule has 3 unspecified atom stereocenters. The summed E-state index contributed by atoms with van der Waals surface area (Å²) in [5.41, 5.74) is 5.34. The molecule has 0 saturated heterocycles. The number of nitrogens with two attached hydrogens (primary N) is 1. The molecule has 90 valence electrons. The van der Waals surface area contributed by atoms with Gasteiger partial charge in [-0.25, -0.2) is 0 Å². The van der Waals surface area contributed by atoms with E-state index in [4.69, 9.17) is 10.5 Å². The van der Waals surface area contributed by atoms with Gasteiger partial charge in [0.15, 0.2) is 12.4 Å². The van der Waals surface area contributed by atoms with Crippen LogP contribution in [0.1, 0.15) is 6.92 Å². The summed E-state index contributed by atoms with van der Waals surface area (Å²) < 4.78 is 9.61. The van der Waals surface area contributed by atoms with E-state index in [2.05, 4.69) is 10.1 Å². The third-order valence-corrected chi connectivity index (χ3v) is 1.97. The first-order chi connectivity index (χ1) is 7.06. The number of esters is 1. The number of hydrogen-bond acceptors (Lipinski definition) is 6. The molecule has 0 aliphatic carbocycles. The minimum absolute atomic E-state index is 0.0209. The van der Waals surface area contributed by atoms with Crippen molar-refractivity contribution in [1.82, 2.24) is 5.32 Å². The Labute approximate surface area is 89.7 Å². The Hall–Kier alpha value is -0.690. The molecule has 0 aromatic carbocycles. The van der Waals surface area contributed by atoms with E-state index in [-0.39, 0.29) is 12.5 Å². The number of aliphatic hydroxyl groups excluding tert-OH is 1. The first-order valence-corrected chi connectivity index (χ1v) is 4.82. The third-order valence-electron chi connectivity index (χ3n) is 1.97. The second-order valence-electron chi connectivity index (χ2n) is 3.30. The van der Waals surface area contributed by atoms with E-state index in [0.29, 0.717) is 6.54 Å². The van der Waals surface area contributed by atoms with Crippen LogP contribution >= 0.6 is 0 Å². The van der Waals surface area contributed by atoms with Gasteiger partial charge in [0.1, 0.15) is 0 Å². The quantitative estimate of drug-likeness (QED) is 0.364. The molecule has 0 spiro atoms. The topological polar surface area (TPSA) is 93.8 Å². The summed E-state index contributed by atoms with van der Waals surface area (Å²) >= 11 is 0. The lowest BCUT2D eigenvalue weighted by Gasteiger charge is -2.22. The van der Waals surface area contributed by atoms with Gasteiger partial charge in [0, 0.05) is 20.2 Å². The van der Waals surface area contributed by atoms with Gasteiger partial charge >= 0.3 is 5.97 Å². The zero-order valence-electron chi connectivity index (χ0n) is 9.40. The van der Waals surface area contributed by atoms with E-state index in [1.54, 1.807) is 14.0 Å². The largest absolute Gasteiger partial charge is 0.455 e. The summed E-state index contributed by atoms with van der Waals surface area (Å²) in [5, 5.41) is 12.1. The monoisotopic (exact) mass is 220 g/mol. The molecule has 0 amide bonds. The molecule has 0 aromatic rings. The molecule has 0 aromatic heterocycles. The summed E-state index contributed by atoms with van der Waals surface area (Å²) in [6.07, 6.45) is -2.00. The van der Waals surface area contributed by atoms with Crippen LogP contribution < -0.4 is 11.1 Å². The highest BCUT2D eigenvalue weighted by Gasteiger charge is 2.24. The predicted molar refractivity (Wildman–Crippen MR) is 55.0 cm³/mol. The van der Waals surface area contributed by atoms with Gasteiger partial charge in [-0.1, -0.05) is 6.92 Å². The van der Waals surface area contributed by atoms with E-state index >= 15 is 0 Å². The number of carbonyl (C=O) groups is 1. The molecule has 0 bridgehead atoms. The first-order valence-electron chi connectivity index (χ1n) is 4.82. The third kappa shape index (κ3) is 5.08. The van der Waals surface area contributed by atoms with Crippen molar-refractivity contribution in [3.8, 4) is 0 Å². The predicted octanol–water partition coefficient (Wildman–Crippen LogP) is -1.32. The van der Waals surface area contributed by atoms with E-state index in [0.717, 1.165) is 0 Å². The van der Waals surface area contributed by atoms with Crippen molar-refractivity contribution in [3.63, 3.8) is 0 Å². The standard InChI is InChI=1S/C9H20N2O4/c1-6(5-11-2)8(12)15-7(4-10)9(13)14-3/h6-7,9,11,13H,4-5,10H2,1-3H3. The van der Waals surface area contributed by atoms with E-state index in [1.807, 2.05) is 0 Å². The smallest absolute Gasteiger partial charge is 0.310 e. The molecule has 0 heterocycles. The molecule has 0 aliphatic rings. The highest BCUT2D eigenvalue weighted by atomic mass is 16.6. The Morgan fingerprint density at radius 3 is 2.60 bits per heavy atom. The van der Waals surface area contributed by atoms with Gasteiger partial charge in [-0.3, -0.25) is 4.79 Å². The van der Waals surface area contributed by atoms with Crippen LogP contribution in [-0.2, 0) is 14.3 Å². The molecule has 0 radical (unpaired) electrons. The van der Waals surface area contributed by atoms with Crippen molar-refractivity contribution in [3.05, 3.63) is 0 Å². The van der Waals surface area contributed by atoms with Gasteiger partial charge in [-0.15, -0.1) is 0 Å². The number of rotatable bonds is 7. The maximum absolute atomic E-state index is 11.4. The van der Waals surface area contributed by atoms with Crippen LogP contribution in [0.5, 0.6) is 0 Å². The van der Waals surface area contributed by atoms with E-state index < -0.39 is 18.4 Å². The number of ether oxygens (including phenoxy) is 2. The molecular weight excluding hydrogens is 200 g/mol. The highest BCUT2D eigenvalue weighted by Crippen LogP contribution is 2.04. The molecule has 15 heavy (non-hydrogen) atoms. The minimum atomic E-state index is -1.18. The van der Waals surface area contributed by atoms with Crippen LogP contribution in [0.3, 0.4) is 0 Å². The molecule has 0 fully saturated rings. The number of aliphatic hydroxyl groups is 1. The number of carbonyl (C=O) groups excluding carboxylic acids is 1. The minimum Gasteiger partial charge on any atom is -0.455 e.